The summed E-state index contributed by atoms with van der Waals surface area (Å²) in [5, 5.41) is 22.5. The van der Waals surface area contributed by atoms with E-state index in [0.717, 1.165) is 29.8 Å². The summed E-state index contributed by atoms with van der Waals surface area (Å²) in [6.45, 7) is 6.58. The molecule has 0 saturated heterocycles. The Hall–Kier alpha value is -2.41. The van der Waals surface area contributed by atoms with Crippen LogP contribution < -0.4 is 10.6 Å². The van der Waals surface area contributed by atoms with Gasteiger partial charge in [0.1, 0.15) is 5.82 Å². The van der Waals surface area contributed by atoms with E-state index in [0.29, 0.717) is 12.4 Å². The lowest BCUT2D eigenvalue weighted by Crippen LogP contribution is -2.41. The van der Waals surface area contributed by atoms with Gasteiger partial charge in [-0.3, -0.25) is 5.10 Å². The molecule has 1 unspecified atom stereocenters. The van der Waals surface area contributed by atoms with Crippen molar-refractivity contribution in [3.05, 3.63) is 35.7 Å². The fourth-order valence-corrected chi connectivity index (χ4v) is 2.73. The number of aliphatic hydroxyl groups is 1. The van der Waals surface area contributed by atoms with Crippen LogP contribution >= 0.6 is 0 Å². The van der Waals surface area contributed by atoms with Crippen LogP contribution in [-0.4, -0.2) is 39.0 Å². The highest BCUT2D eigenvalue weighted by Gasteiger charge is 2.16. The molecule has 0 radical (unpaired) electrons. The van der Waals surface area contributed by atoms with Crippen molar-refractivity contribution in [3.8, 4) is 11.4 Å². The van der Waals surface area contributed by atoms with E-state index in [4.69, 9.17) is 0 Å². The van der Waals surface area contributed by atoms with Crippen molar-refractivity contribution in [2.24, 2.45) is 5.92 Å². The summed E-state index contributed by atoms with van der Waals surface area (Å²) in [6.07, 6.45) is 1.28. The Morgan fingerprint density at radius 3 is 2.68 bits per heavy atom. The highest BCUT2D eigenvalue weighted by atomic mass is 16.3. The first-order chi connectivity index (χ1) is 12.0. The van der Waals surface area contributed by atoms with E-state index in [-0.39, 0.29) is 18.5 Å². The lowest BCUT2D eigenvalue weighted by atomic mass is 9.97. The maximum absolute atomic E-state index is 11.9. The second-order valence-corrected chi connectivity index (χ2v) is 6.15. The van der Waals surface area contributed by atoms with Crippen LogP contribution in [0.2, 0.25) is 0 Å². The number of nitrogens with zero attached hydrogens (tertiary/aromatic N) is 2. The normalized spacial score (nSPS) is 12.2. The molecule has 0 aliphatic carbocycles. The Balaban J connectivity index is 1.84. The van der Waals surface area contributed by atoms with Crippen molar-refractivity contribution in [1.82, 2.24) is 25.8 Å². The molecule has 0 aliphatic heterocycles. The van der Waals surface area contributed by atoms with Crippen molar-refractivity contribution < 1.29 is 9.90 Å². The zero-order valence-corrected chi connectivity index (χ0v) is 15.0. The molecule has 1 aromatic heterocycles. The maximum Gasteiger partial charge on any atom is 0.315 e. The van der Waals surface area contributed by atoms with Crippen molar-refractivity contribution in [2.75, 3.05) is 6.54 Å². The topological polar surface area (TPSA) is 103 Å². The number of amides is 2. The number of nitrogens with one attached hydrogen (secondary N) is 3. The molecular formula is C18H27N5O2. The van der Waals surface area contributed by atoms with Gasteiger partial charge in [0.25, 0.3) is 0 Å². The molecule has 0 fully saturated rings. The van der Waals surface area contributed by atoms with Crippen LogP contribution in [0.1, 0.15) is 38.1 Å². The molecule has 1 heterocycles. The molecule has 25 heavy (non-hydrogen) atoms. The monoisotopic (exact) mass is 345 g/mol. The summed E-state index contributed by atoms with van der Waals surface area (Å²) >= 11 is 0. The molecule has 1 aromatic carbocycles. The minimum Gasteiger partial charge on any atom is -0.391 e. The largest absolute Gasteiger partial charge is 0.391 e. The number of aromatic amines is 1. The Bertz CT molecular complexity index is 682. The van der Waals surface area contributed by atoms with Crippen LogP contribution in [0.15, 0.2) is 24.3 Å². The predicted octanol–water partition coefficient (Wildman–Crippen LogP) is 2.38. The van der Waals surface area contributed by atoms with E-state index in [2.05, 4.69) is 25.8 Å². The van der Waals surface area contributed by atoms with Gasteiger partial charge in [-0.25, -0.2) is 9.78 Å². The van der Waals surface area contributed by atoms with Gasteiger partial charge in [0, 0.05) is 18.7 Å². The van der Waals surface area contributed by atoms with E-state index in [1.165, 1.54) is 0 Å². The highest BCUT2D eigenvalue weighted by Crippen LogP contribution is 2.16. The van der Waals surface area contributed by atoms with E-state index >= 15 is 0 Å². The van der Waals surface area contributed by atoms with Crippen LogP contribution in [0.4, 0.5) is 4.79 Å². The van der Waals surface area contributed by atoms with Gasteiger partial charge >= 0.3 is 6.03 Å². The summed E-state index contributed by atoms with van der Waals surface area (Å²) in [7, 11) is 0. The number of aliphatic hydroxyl groups excluding tert-OH is 1. The highest BCUT2D eigenvalue weighted by molar-refractivity contribution is 5.73. The second-order valence-electron chi connectivity index (χ2n) is 6.15. The quantitative estimate of drug-likeness (QED) is 0.590. The number of carbonyl (C=O) groups is 1. The lowest BCUT2D eigenvalue weighted by Gasteiger charge is -2.20. The van der Waals surface area contributed by atoms with Gasteiger partial charge in [0.05, 0.1) is 6.10 Å². The second kappa shape index (κ2) is 9.17. The van der Waals surface area contributed by atoms with Gasteiger partial charge in [0.15, 0.2) is 5.82 Å². The van der Waals surface area contributed by atoms with Crippen LogP contribution in [-0.2, 0) is 6.54 Å². The minimum atomic E-state index is -0.516. The Kier molecular flexibility index (Phi) is 6.94. The van der Waals surface area contributed by atoms with Crippen molar-refractivity contribution >= 4 is 6.03 Å². The number of carbonyl (C=O) groups excluding carboxylic acids is 1. The van der Waals surface area contributed by atoms with Crippen molar-refractivity contribution in [1.29, 1.82) is 0 Å². The molecule has 0 saturated carbocycles. The summed E-state index contributed by atoms with van der Waals surface area (Å²) in [5.74, 6) is 1.60. The number of hydrogen-bond acceptors (Lipinski definition) is 4. The molecule has 0 bridgehead atoms. The van der Waals surface area contributed by atoms with E-state index in [9.17, 15) is 9.90 Å². The summed E-state index contributed by atoms with van der Waals surface area (Å²) in [4.78, 5) is 16.2. The standard InChI is InChI=1S/C18H27N5O2/c1-4-14(5-2)16(24)11-20-18(25)19-10-13-7-6-8-15(9-13)17-21-12(3)22-23-17/h6-9,14,16,24H,4-5,10-11H2,1-3H3,(H2,19,20,25)(H,21,22,23). The van der Waals surface area contributed by atoms with Gasteiger partial charge in [-0.05, 0) is 24.5 Å². The zero-order valence-electron chi connectivity index (χ0n) is 15.0. The predicted molar refractivity (Wildman–Crippen MR) is 96.9 cm³/mol. The van der Waals surface area contributed by atoms with Crippen LogP contribution in [0.3, 0.4) is 0 Å². The number of urea groups is 1. The third-order valence-corrected chi connectivity index (χ3v) is 4.30. The van der Waals surface area contributed by atoms with Gasteiger partial charge in [-0.2, -0.15) is 5.10 Å². The number of benzene rings is 1. The molecule has 2 rings (SSSR count). The smallest absolute Gasteiger partial charge is 0.315 e. The number of aromatic nitrogens is 3. The molecule has 2 amide bonds. The number of H-pyrrole nitrogens is 1. The molecule has 0 spiro atoms. The molecule has 0 aliphatic rings. The first kappa shape index (κ1) is 18.9. The number of aryl methyl sites for hydroxylation is 1. The first-order valence-electron chi connectivity index (χ1n) is 8.71. The van der Waals surface area contributed by atoms with Gasteiger partial charge in [0.2, 0.25) is 0 Å². The fourth-order valence-electron chi connectivity index (χ4n) is 2.73. The van der Waals surface area contributed by atoms with Gasteiger partial charge < -0.3 is 15.7 Å². The Labute approximate surface area is 148 Å². The Morgan fingerprint density at radius 2 is 2.04 bits per heavy atom. The van der Waals surface area contributed by atoms with Crippen LogP contribution in [0, 0.1) is 12.8 Å². The lowest BCUT2D eigenvalue weighted by molar-refractivity contribution is 0.103. The molecular weight excluding hydrogens is 318 g/mol. The summed E-state index contributed by atoms with van der Waals surface area (Å²) in [5.41, 5.74) is 1.85. The van der Waals surface area contributed by atoms with E-state index in [1.54, 1.807) is 0 Å². The average Bonchev–Trinajstić information content (AvgIpc) is 3.06. The first-order valence-corrected chi connectivity index (χ1v) is 8.71. The number of rotatable bonds is 8. The van der Waals surface area contributed by atoms with Gasteiger partial charge in [-0.1, -0.05) is 44.9 Å². The zero-order chi connectivity index (χ0) is 18.2. The maximum atomic E-state index is 11.9. The van der Waals surface area contributed by atoms with E-state index in [1.807, 2.05) is 45.0 Å². The molecule has 2 aromatic rings. The minimum absolute atomic E-state index is 0.210. The number of hydrogen-bond donors (Lipinski definition) is 4. The fraction of sp³-hybridized carbons (Fsp3) is 0.500. The average molecular weight is 345 g/mol. The summed E-state index contributed by atoms with van der Waals surface area (Å²) in [6, 6.07) is 7.43. The van der Waals surface area contributed by atoms with E-state index < -0.39 is 6.10 Å². The molecule has 7 nitrogen and oxygen atoms in total. The molecule has 136 valence electrons. The molecule has 7 heteroatoms. The Morgan fingerprint density at radius 1 is 1.28 bits per heavy atom. The van der Waals surface area contributed by atoms with Gasteiger partial charge in [-0.15, -0.1) is 0 Å². The third kappa shape index (κ3) is 5.56. The summed E-state index contributed by atoms with van der Waals surface area (Å²) < 4.78 is 0. The van der Waals surface area contributed by atoms with Crippen molar-refractivity contribution in [3.63, 3.8) is 0 Å². The molecule has 1 atom stereocenters. The van der Waals surface area contributed by atoms with Crippen LogP contribution in [0.25, 0.3) is 11.4 Å². The third-order valence-electron chi connectivity index (χ3n) is 4.30. The van der Waals surface area contributed by atoms with Crippen molar-refractivity contribution in [2.45, 2.75) is 46.3 Å². The SMILES string of the molecule is CCC(CC)C(O)CNC(=O)NCc1cccc(-c2n[nH]c(C)n2)c1. The molecule has 4 N–H and O–H groups in total. The van der Waals surface area contributed by atoms with Crippen LogP contribution in [0.5, 0.6) is 0 Å².